The van der Waals surface area contributed by atoms with Crippen LogP contribution in [0, 0.1) is 0 Å². The maximum Gasteiger partial charge on any atom is 0.267 e. The molecule has 12 heavy (non-hydrogen) atoms. The monoisotopic (exact) mass is 167 g/mol. The molecule has 0 aliphatic carbocycles. The van der Waals surface area contributed by atoms with Crippen molar-refractivity contribution in [2.24, 2.45) is 10.7 Å². The van der Waals surface area contributed by atoms with Crippen LogP contribution in [-0.2, 0) is 9.59 Å². The van der Waals surface area contributed by atoms with Crippen LogP contribution in [0.4, 0.5) is 0 Å². The van der Waals surface area contributed by atoms with E-state index in [1.165, 1.54) is 6.08 Å². The summed E-state index contributed by atoms with van der Waals surface area (Å²) < 4.78 is 0. The Balaban J connectivity index is 4.48. The minimum absolute atomic E-state index is 0.0469. The topological polar surface area (TPSA) is 84.6 Å². The molecular weight excluding hydrogens is 158 g/mol. The molecule has 0 aliphatic heterocycles. The first-order valence-corrected chi connectivity index (χ1v) is 2.99. The van der Waals surface area contributed by atoms with Crippen molar-refractivity contribution in [2.45, 2.75) is 0 Å². The number of nitrogens with two attached hydrogens (primary N) is 1. The van der Waals surface area contributed by atoms with Crippen molar-refractivity contribution < 1.29 is 9.59 Å². The molecule has 0 saturated heterocycles. The molecule has 0 bridgehead atoms. The van der Waals surface area contributed by atoms with Crippen molar-refractivity contribution >= 4 is 19.0 Å². The van der Waals surface area contributed by atoms with Crippen LogP contribution in [0.3, 0.4) is 0 Å². The van der Waals surface area contributed by atoms with Gasteiger partial charge < -0.3 is 11.1 Å². The normalized spacial score (nSPS) is 10.2. The fraction of sp³-hybridized carbons (Fsp3) is 0. The molecule has 0 radical (unpaired) electrons. The Bertz CT molecular complexity index is 255. The average molecular weight is 167 g/mol. The van der Waals surface area contributed by atoms with E-state index in [1.54, 1.807) is 0 Å². The number of rotatable bonds is 5. The van der Waals surface area contributed by atoms with E-state index in [-0.39, 0.29) is 11.4 Å². The second kappa shape index (κ2) is 4.84. The molecule has 5 nitrogen and oxygen atoms in total. The Kier molecular flexibility index (Phi) is 4.07. The van der Waals surface area contributed by atoms with E-state index in [0.717, 1.165) is 0 Å². The molecule has 0 rings (SSSR count). The summed E-state index contributed by atoms with van der Waals surface area (Å²) in [5.74, 6) is -0.723. The van der Waals surface area contributed by atoms with Gasteiger partial charge in [0.15, 0.2) is 0 Å². The minimum Gasteiger partial charge on any atom is -0.364 e. The lowest BCUT2D eigenvalue weighted by Crippen LogP contribution is -2.14. The SMILES string of the molecule is C=N/C(=C\C(=C)NC=O)C(N)=O. The smallest absolute Gasteiger partial charge is 0.267 e. The first-order valence-electron chi connectivity index (χ1n) is 2.99. The summed E-state index contributed by atoms with van der Waals surface area (Å²) in [6.45, 7) is 6.52. The first kappa shape index (κ1) is 10.1. The van der Waals surface area contributed by atoms with Crippen LogP contribution in [0.1, 0.15) is 0 Å². The van der Waals surface area contributed by atoms with E-state index in [0.29, 0.717) is 6.41 Å². The number of amides is 2. The Hall–Kier alpha value is -1.91. The summed E-state index contributed by atoms with van der Waals surface area (Å²) in [6.07, 6.45) is 1.66. The number of aliphatic imine (C=N–C) groups is 1. The number of allylic oxidation sites excluding steroid dienone is 1. The van der Waals surface area contributed by atoms with Crippen LogP contribution in [0.5, 0.6) is 0 Å². The van der Waals surface area contributed by atoms with Gasteiger partial charge >= 0.3 is 0 Å². The minimum atomic E-state index is -0.723. The van der Waals surface area contributed by atoms with Crippen molar-refractivity contribution in [2.75, 3.05) is 0 Å². The van der Waals surface area contributed by atoms with Crippen molar-refractivity contribution in [1.29, 1.82) is 0 Å². The third kappa shape index (κ3) is 3.31. The van der Waals surface area contributed by atoms with Gasteiger partial charge in [-0.1, -0.05) is 6.58 Å². The highest BCUT2D eigenvalue weighted by Gasteiger charge is 2.00. The molecule has 0 heterocycles. The number of hydrogen-bond acceptors (Lipinski definition) is 3. The molecule has 0 atom stereocenters. The molecule has 0 aromatic carbocycles. The molecule has 3 N–H and O–H groups in total. The van der Waals surface area contributed by atoms with E-state index in [2.05, 4.69) is 23.6 Å². The standard InChI is InChI=1S/C7H9N3O2/c1-5(10-4-11)3-6(9-2)7(8)12/h3-4H,1-2H2,(H2,8,12)(H,10,11)/b6-3-. The third-order valence-corrected chi connectivity index (χ3v) is 0.978. The molecule has 0 fully saturated rings. The van der Waals surface area contributed by atoms with Crippen molar-refractivity contribution in [3.05, 3.63) is 24.0 Å². The van der Waals surface area contributed by atoms with Gasteiger partial charge in [-0.2, -0.15) is 0 Å². The molecule has 0 aromatic rings. The van der Waals surface area contributed by atoms with Gasteiger partial charge in [-0.3, -0.25) is 14.6 Å². The lowest BCUT2D eigenvalue weighted by molar-refractivity contribution is -0.114. The Morgan fingerprint density at radius 1 is 1.58 bits per heavy atom. The fourth-order valence-electron chi connectivity index (χ4n) is 0.477. The van der Waals surface area contributed by atoms with E-state index in [9.17, 15) is 9.59 Å². The van der Waals surface area contributed by atoms with Gasteiger partial charge in [0.2, 0.25) is 6.41 Å². The van der Waals surface area contributed by atoms with Gasteiger partial charge in [0.05, 0.1) is 0 Å². The highest BCUT2D eigenvalue weighted by Crippen LogP contribution is 1.97. The fourth-order valence-corrected chi connectivity index (χ4v) is 0.477. The summed E-state index contributed by atoms with van der Waals surface area (Å²) in [5, 5.41) is 2.22. The van der Waals surface area contributed by atoms with Crippen molar-refractivity contribution in [3.63, 3.8) is 0 Å². The second-order valence-electron chi connectivity index (χ2n) is 1.84. The molecule has 0 spiro atoms. The zero-order valence-electron chi connectivity index (χ0n) is 6.41. The lowest BCUT2D eigenvalue weighted by Gasteiger charge is -1.97. The van der Waals surface area contributed by atoms with E-state index in [4.69, 9.17) is 5.73 Å². The molecule has 5 heteroatoms. The highest BCUT2D eigenvalue weighted by atomic mass is 16.1. The molecule has 2 amide bonds. The van der Waals surface area contributed by atoms with Crippen molar-refractivity contribution in [3.8, 4) is 0 Å². The zero-order chi connectivity index (χ0) is 9.56. The van der Waals surface area contributed by atoms with Gasteiger partial charge in [0.25, 0.3) is 5.91 Å². The van der Waals surface area contributed by atoms with Crippen LogP contribution in [0.2, 0.25) is 0 Å². The van der Waals surface area contributed by atoms with Crippen LogP contribution < -0.4 is 11.1 Å². The van der Waals surface area contributed by atoms with Gasteiger partial charge in [-0.25, -0.2) is 0 Å². The average Bonchev–Trinajstić information content (AvgIpc) is 2.00. The number of carbonyl (C=O) groups is 2. The summed E-state index contributed by atoms with van der Waals surface area (Å²) in [7, 11) is 0. The molecule has 0 unspecified atom stereocenters. The Labute approximate surface area is 69.7 Å². The zero-order valence-corrected chi connectivity index (χ0v) is 6.41. The number of carbonyl (C=O) groups excluding carboxylic acids is 2. The van der Waals surface area contributed by atoms with Crippen LogP contribution in [-0.4, -0.2) is 19.0 Å². The van der Waals surface area contributed by atoms with Gasteiger partial charge in [0.1, 0.15) is 5.70 Å². The van der Waals surface area contributed by atoms with E-state index < -0.39 is 5.91 Å². The summed E-state index contributed by atoms with van der Waals surface area (Å²) in [4.78, 5) is 23.8. The van der Waals surface area contributed by atoms with E-state index in [1.807, 2.05) is 0 Å². The number of nitrogens with one attached hydrogen (secondary N) is 1. The van der Waals surface area contributed by atoms with Crippen LogP contribution in [0.25, 0.3) is 0 Å². The quantitative estimate of drug-likeness (QED) is 0.246. The predicted molar refractivity (Wildman–Crippen MR) is 45.2 cm³/mol. The molecule has 0 aromatic heterocycles. The van der Waals surface area contributed by atoms with Gasteiger partial charge in [-0.15, -0.1) is 0 Å². The van der Waals surface area contributed by atoms with Crippen LogP contribution >= 0.6 is 0 Å². The second-order valence-corrected chi connectivity index (χ2v) is 1.84. The van der Waals surface area contributed by atoms with Crippen molar-refractivity contribution in [1.82, 2.24) is 5.32 Å². The molecular formula is C7H9N3O2. The predicted octanol–water partition coefficient (Wildman–Crippen LogP) is -0.684. The van der Waals surface area contributed by atoms with E-state index >= 15 is 0 Å². The largest absolute Gasteiger partial charge is 0.364 e. The number of hydrogen-bond donors (Lipinski definition) is 2. The molecule has 64 valence electrons. The maximum absolute atomic E-state index is 10.5. The van der Waals surface area contributed by atoms with Gasteiger partial charge in [0, 0.05) is 5.70 Å². The Morgan fingerprint density at radius 2 is 2.17 bits per heavy atom. The van der Waals surface area contributed by atoms with Gasteiger partial charge in [-0.05, 0) is 12.8 Å². The highest BCUT2D eigenvalue weighted by molar-refractivity contribution is 5.92. The molecule has 0 saturated carbocycles. The molecule has 0 aliphatic rings. The maximum atomic E-state index is 10.5. The Morgan fingerprint density at radius 3 is 2.50 bits per heavy atom. The number of nitrogens with zero attached hydrogens (tertiary/aromatic N) is 1. The number of primary amides is 1. The summed E-state index contributed by atoms with van der Waals surface area (Å²) in [5.41, 5.74) is 5.07. The summed E-state index contributed by atoms with van der Waals surface area (Å²) >= 11 is 0. The van der Waals surface area contributed by atoms with Crippen LogP contribution in [0.15, 0.2) is 29.0 Å². The summed E-state index contributed by atoms with van der Waals surface area (Å²) in [6, 6.07) is 0. The lowest BCUT2D eigenvalue weighted by atomic mass is 10.3. The third-order valence-electron chi connectivity index (χ3n) is 0.978. The first-order chi connectivity index (χ1) is 5.61.